The summed E-state index contributed by atoms with van der Waals surface area (Å²) in [6, 6.07) is 53.0. The molecule has 0 saturated carbocycles. The van der Waals surface area contributed by atoms with Crippen LogP contribution in [0.3, 0.4) is 0 Å². The summed E-state index contributed by atoms with van der Waals surface area (Å²) in [6.07, 6.45) is 0. The molecule has 0 saturated heterocycles. The average molecular weight is 749 g/mol. The van der Waals surface area contributed by atoms with Crippen molar-refractivity contribution in [3.63, 3.8) is 0 Å². The molecule has 2 heteroatoms. The average Bonchev–Trinajstić information content (AvgIpc) is 3.25. The minimum atomic E-state index is 0.916. The fraction of sp³-hybridized carbons (Fsp3) is 0.143. The van der Waals surface area contributed by atoms with Crippen LogP contribution < -0.4 is 0 Å². The first-order chi connectivity index (χ1) is 28.1. The summed E-state index contributed by atoms with van der Waals surface area (Å²) in [7, 11) is 0. The van der Waals surface area contributed by atoms with Gasteiger partial charge in [0, 0.05) is 21.9 Å². The molecular weight excluding hydrogens is 701 g/mol. The number of pyridine rings is 2. The molecule has 9 rings (SSSR count). The van der Waals surface area contributed by atoms with Crippen molar-refractivity contribution in [1.82, 2.24) is 9.97 Å². The molecule has 0 radical (unpaired) electrons. The summed E-state index contributed by atoms with van der Waals surface area (Å²) in [5, 5.41) is 2.18. The third-order valence-corrected chi connectivity index (χ3v) is 12.6. The number of fused-ring (bicyclic) bond motifs is 3. The van der Waals surface area contributed by atoms with Crippen molar-refractivity contribution >= 4 is 21.8 Å². The van der Waals surface area contributed by atoms with Gasteiger partial charge < -0.3 is 0 Å². The Hall–Kier alpha value is -6.64. The SMILES string of the molecule is Cc1cc(C)c(C)c(-c2cc(-c3ccc(-c4ccccc4)cc3)c3ccc4c(-c5ccc(-c6ccccc6)cc5)cc(-c5c(C)c(C)cc(C)c5C)nc4c3n2)c1C. The molecule has 0 unspecified atom stereocenters. The minimum Gasteiger partial charge on any atom is -0.245 e. The fourth-order valence-electron chi connectivity index (χ4n) is 8.86. The van der Waals surface area contributed by atoms with Crippen LogP contribution >= 0.6 is 0 Å². The summed E-state index contributed by atoms with van der Waals surface area (Å²) < 4.78 is 0. The Morgan fingerprint density at radius 2 is 0.586 bits per heavy atom. The molecule has 0 aliphatic heterocycles. The van der Waals surface area contributed by atoms with Crippen LogP contribution in [0.1, 0.15) is 44.5 Å². The normalized spacial score (nSPS) is 11.4. The predicted molar refractivity (Wildman–Crippen MR) is 248 cm³/mol. The van der Waals surface area contributed by atoms with Gasteiger partial charge in [-0.25, -0.2) is 9.97 Å². The van der Waals surface area contributed by atoms with E-state index in [0.717, 1.165) is 55.4 Å². The predicted octanol–water partition coefficient (Wildman–Crippen LogP) is 15.3. The molecule has 0 spiro atoms. The van der Waals surface area contributed by atoms with E-state index in [4.69, 9.17) is 9.97 Å². The van der Waals surface area contributed by atoms with Gasteiger partial charge in [-0.3, -0.25) is 0 Å². The number of nitrogens with zero attached hydrogens (tertiary/aromatic N) is 2. The van der Waals surface area contributed by atoms with E-state index < -0.39 is 0 Å². The van der Waals surface area contributed by atoms with E-state index in [1.807, 2.05) is 0 Å². The van der Waals surface area contributed by atoms with Gasteiger partial charge in [-0.1, -0.05) is 133 Å². The van der Waals surface area contributed by atoms with Crippen LogP contribution in [0.2, 0.25) is 0 Å². The fourth-order valence-corrected chi connectivity index (χ4v) is 8.86. The molecule has 0 fully saturated rings. The first-order valence-electron chi connectivity index (χ1n) is 20.3. The zero-order valence-electron chi connectivity index (χ0n) is 34.8. The van der Waals surface area contributed by atoms with Crippen molar-refractivity contribution in [3.05, 3.63) is 190 Å². The van der Waals surface area contributed by atoms with Gasteiger partial charge in [0.05, 0.1) is 22.4 Å². The van der Waals surface area contributed by atoms with E-state index in [-0.39, 0.29) is 0 Å². The molecule has 9 aromatic rings. The van der Waals surface area contributed by atoms with Gasteiger partial charge in [0.25, 0.3) is 0 Å². The number of hydrogen-bond donors (Lipinski definition) is 0. The molecule has 0 amide bonds. The smallest absolute Gasteiger partial charge is 0.0978 e. The maximum absolute atomic E-state index is 5.67. The van der Waals surface area contributed by atoms with Gasteiger partial charge in [-0.15, -0.1) is 0 Å². The second kappa shape index (κ2) is 14.7. The lowest BCUT2D eigenvalue weighted by Crippen LogP contribution is -2.01. The van der Waals surface area contributed by atoms with Crippen LogP contribution in [0.15, 0.2) is 146 Å². The Morgan fingerprint density at radius 3 is 0.914 bits per heavy atom. The Labute approximate surface area is 342 Å². The van der Waals surface area contributed by atoms with E-state index in [9.17, 15) is 0 Å². The molecule has 0 bridgehead atoms. The molecule has 0 N–H and O–H groups in total. The first-order valence-corrected chi connectivity index (χ1v) is 20.3. The van der Waals surface area contributed by atoms with Crippen LogP contribution in [-0.2, 0) is 0 Å². The quantitative estimate of drug-likeness (QED) is 0.158. The molecule has 58 heavy (non-hydrogen) atoms. The highest BCUT2D eigenvalue weighted by atomic mass is 14.8. The summed E-state index contributed by atoms with van der Waals surface area (Å²) >= 11 is 0. The second-order valence-corrected chi connectivity index (χ2v) is 16.1. The highest BCUT2D eigenvalue weighted by molar-refractivity contribution is 6.13. The standard InChI is InChI=1S/C56H48N2/c1-33-29-34(2)38(6)53(37(33)5)51-31-49(45-23-19-43(20-24-45)41-15-11-9-12-16-41)47-27-28-48-50(46-25-21-44(22-26-46)42-17-13-10-14-18-42)32-52(58-56(48)55(47)57-51)54-39(7)35(3)30-36(4)40(54)8/h9-32H,1-8H3. The molecule has 7 aromatic carbocycles. The summed E-state index contributed by atoms with van der Waals surface area (Å²) in [5.41, 5.74) is 25.7. The maximum atomic E-state index is 5.67. The number of benzene rings is 7. The summed E-state index contributed by atoms with van der Waals surface area (Å²) in [4.78, 5) is 11.3. The van der Waals surface area contributed by atoms with E-state index in [2.05, 4.69) is 201 Å². The van der Waals surface area contributed by atoms with Crippen molar-refractivity contribution in [2.45, 2.75) is 55.4 Å². The molecule has 0 aliphatic carbocycles. The van der Waals surface area contributed by atoms with Crippen molar-refractivity contribution in [3.8, 4) is 67.0 Å². The largest absolute Gasteiger partial charge is 0.245 e. The van der Waals surface area contributed by atoms with Crippen LogP contribution in [0.5, 0.6) is 0 Å². The van der Waals surface area contributed by atoms with Gasteiger partial charge in [0.1, 0.15) is 0 Å². The topological polar surface area (TPSA) is 25.8 Å². The summed E-state index contributed by atoms with van der Waals surface area (Å²) in [6.45, 7) is 17.8. The number of rotatable bonds is 6. The Kier molecular flexibility index (Phi) is 9.37. The van der Waals surface area contributed by atoms with E-state index >= 15 is 0 Å². The van der Waals surface area contributed by atoms with Crippen LogP contribution in [0.4, 0.5) is 0 Å². The first kappa shape index (κ1) is 37.0. The zero-order valence-corrected chi connectivity index (χ0v) is 34.8. The van der Waals surface area contributed by atoms with E-state index in [1.54, 1.807) is 0 Å². The van der Waals surface area contributed by atoms with Gasteiger partial charge >= 0.3 is 0 Å². The van der Waals surface area contributed by atoms with Gasteiger partial charge in [-0.2, -0.15) is 0 Å². The Morgan fingerprint density at radius 1 is 0.293 bits per heavy atom. The lowest BCUT2D eigenvalue weighted by atomic mass is 9.88. The number of aryl methyl sites for hydroxylation is 4. The highest BCUT2D eigenvalue weighted by Crippen LogP contribution is 2.43. The molecule has 0 aliphatic rings. The highest BCUT2D eigenvalue weighted by Gasteiger charge is 2.21. The molecule has 282 valence electrons. The Bertz CT molecular complexity index is 2770. The van der Waals surface area contributed by atoms with Gasteiger partial charge in [0.15, 0.2) is 0 Å². The third kappa shape index (κ3) is 6.39. The maximum Gasteiger partial charge on any atom is 0.0978 e. The monoisotopic (exact) mass is 748 g/mol. The second-order valence-electron chi connectivity index (χ2n) is 16.1. The van der Waals surface area contributed by atoms with Crippen LogP contribution in [0, 0.1) is 55.4 Å². The van der Waals surface area contributed by atoms with Crippen molar-refractivity contribution in [2.75, 3.05) is 0 Å². The summed E-state index contributed by atoms with van der Waals surface area (Å²) in [5.74, 6) is 0. The zero-order chi connectivity index (χ0) is 40.2. The van der Waals surface area contributed by atoms with E-state index in [1.165, 1.54) is 77.9 Å². The van der Waals surface area contributed by atoms with Crippen LogP contribution in [-0.4, -0.2) is 9.97 Å². The van der Waals surface area contributed by atoms with Crippen LogP contribution in [0.25, 0.3) is 88.8 Å². The number of hydrogen-bond acceptors (Lipinski definition) is 2. The minimum absolute atomic E-state index is 0.916. The molecule has 0 atom stereocenters. The third-order valence-electron chi connectivity index (χ3n) is 12.6. The molecule has 2 aromatic heterocycles. The van der Waals surface area contributed by atoms with Gasteiger partial charge in [-0.05, 0) is 157 Å². The lowest BCUT2D eigenvalue weighted by Gasteiger charge is -2.20. The lowest BCUT2D eigenvalue weighted by molar-refractivity contribution is 1.22. The van der Waals surface area contributed by atoms with Crippen molar-refractivity contribution in [2.24, 2.45) is 0 Å². The Balaban J connectivity index is 1.37. The molecular formula is C56H48N2. The molecule has 2 nitrogen and oxygen atoms in total. The van der Waals surface area contributed by atoms with Crippen molar-refractivity contribution in [1.29, 1.82) is 0 Å². The molecule has 2 heterocycles. The number of aromatic nitrogens is 2. The van der Waals surface area contributed by atoms with Gasteiger partial charge in [0.2, 0.25) is 0 Å². The van der Waals surface area contributed by atoms with Crippen molar-refractivity contribution < 1.29 is 0 Å². The van der Waals surface area contributed by atoms with E-state index in [0.29, 0.717) is 0 Å².